The third kappa shape index (κ3) is 1.61. The first kappa shape index (κ1) is 10.1. The number of hydrogen-bond acceptors (Lipinski definition) is 3. The quantitative estimate of drug-likeness (QED) is 0.870. The van der Waals surface area contributed by atoms with Crippen LogP contribution in [-0.4, -0.2) is 5.16 Å². The summed E-state index contributed by atoms with van der Waals surface area (Å²) >= 11 is 3.04. The molecule has 1 heterocycles. The summed E-state index contributed by atoms with van der Waals surface area (Å²) < 4.78 is 31.5. The Labute approximate surface area is 92.0 Å². The van der Waals surface area contributed by atoms with Crippen molar-refractivity contribution in [3.63, 3.8) is 0 Å². The number of hydrogen-bond donors (Lipinski definition) is 1. The molecule has 2 rings (SSSR count). The van der Waals surface area contributed by atoms with E-state index in [2.05, 4.69) is 25.6 Å². The first-order valence-electron chi connectivity index (χ1n) is 3.96. The standard InChI is InChI=1S/C9H5BrF2N2O/c10-7-8(14-15-9(7)13)6-4(11)2-1-3-5(6)12/h1-3H,13H2. The third-order valence-electron chi connectivity index (χ3n) is 1.86. The van der Waals surface area contributed by atoms with Crippen LogP contribution in [0.2, 0.25) is 0 Å². The van der Waals surface area contributed by atoms with Crippen LogP contribution in [0.1, 0.15) is 0 Å². The van der Waals surface area contributed by atoms with Gasteiger partial charge in [0.25, 0.3) is 0 Å². The molecular formula is C9H5BrF2N2O. The lowest BCUT2D eigenvalue weighted by atomic mass is 10.1. The maximum absolute atomic E-state index is 13.3. The largest absolute Gasteiger partial charge is 0.367 e. The second-order valence-electron chi connectivity index (χ2n) is 2.81. The molecule has 0 fully saturated rings. The Morgan fingerprint density at radius 3 is 2.33 bits per heavy atom. The van der Waals surface area contributed by atoms with Gasteiger partial charge in [0, 0.05) is 0 Å². The third-order valence-corrected chi connectivity index (χ3v) is 2.63. The van der Waals surface area contributed by atoms with Crippen molar-refractivity contribution in [2.45, 2.75) is 0 Å². The Kier molecular flexibility index (Phi) is 2.44. The van der Waals surface area contributed by atoms with E-state index < -0.39 is 11.6 Å². The topological polar surface area (TPSA) is 52.0 Å². The molecule has 1 aromatic carbocycles. The zero-order chi connectivity index (χ0) is 11.0. The molecule has 0 saturated heterocycles. The van der Waals surface area contributed by atoms with Crippen molar-refractivity contribution < 1.29 is 13.3 Å². The lowest BCUT2D eigenvalue weighted by Crippen LogP contribution is -1.90. The van der Waals surface area contributed by atoms with Crippen molar-refractivity contribution in [3.8, 4) is 11.3 Å². The van der Waals surface area contributed by atoms with Crippen LogP contribution in [0.15, 0.2) is 27.2 Å². The molecule has 0 saturated carbocycles. The average molecular weight is 275 g/mol. The molecule has 0 spiro atoms. The molecule has 78 valence electrons. The van der Waals surface area contributed by atoms with Crippen molar-refractivity contribution in [3.05, 3.63) is 34.3 Å². The van der Waals surface area contributed by atoms with Gasteiger partial charge in [-0.2, -0.15) is 0 Å². The average Bonchev–Trinajstić information content (AvgIpc) is 2.49. The van der Waals surface area contributed by atoms with Crippen molar-refractivity contribution in [2.24, 2.45) is 0 Å². The molecule has 0 aliphatic heterocycles. The molecule has 0 amide bonds. The fraction of sp³-hybridized carbons (Fsp3) is 0. The van der Waals surface area contributed by atoms with Gasteiger partial charge in [0.2, 0.25) is 5.88 Å². The van der Waals surface area contributed by atoms with Gasteiger partial charge in [-0.3, -0.25) is 0 Å². The van der Waals surface area contributed by atoms with E-state index in [1.807, 2.05) is 0 Å². The molecular weight excluding hydrogens is 270 g/mol. The van der Waals surface area contributed by atoms with Gasteiger partial charge in [-0.1, -0.05) is 11.2 Å². The molecule has 15 heavy (non-hydrogen) atoms. The molecule has 0 unspecified atom stereocenters. The minimum atomic E-state index is -0.719. The highest BCUT2D eigenvalue weighted by Gasteiger charge is 2.19. The number of aromatic nitrogens is 1. The maximum atomic E-state index is 13.3. The second kappa shape index (κ2) is 3.62. The number of anilines is 1. The summed E-state index contributed by atoms with van der Waals surface area (Å²) in [4.78, 5) is 0. The molecule has 3 nitrogen and oxygen atoms in total. The maximum Gasteiger partial charge on any atom is 0.237 e. The van der Waals surface area contributed by atoms with Gasteiger partial charge < -0.3 is 10.3 Å². The summed E-state index contributed by atoms with van der Waals surface area (Å²) in [7, 11) is 0. The molecule has 1 aromatic heterocycles. The van der Waals surface area contributed by atoms with Gasteiger partial charge in [0.05, 0.1) is 5.56 Å². The molecule has 0 atom stereocenters. The van der Waals surface area contributed by atoms with Gasteiger partial charge in [0.1, 0.15) is 21.8 Å². The minimum Gasteiger partial charge on any atom is -0.367 e. The minimum absolute atomic E-state index is 0.0168. The summed E-state index contributed by atoms with van der Waals surface area (Å²) in [6.45, 7) is 0. The van der Waals surface area contributed by atoms with E-state index in [4.69, 9.17) is 5.73 Å². The van der Waals surface area contributed by atoms with E-state index in [-0.39, 0.29) is 21.6 Å². The number of nitrogens with two attached hydrogens (primary N) is 1. The highest BCUT2D eigenvalue weighted by Crippen LogP contribution is 2.34. The zero-order valence-corrected chi connectivity index (χ0v) is 8.88. The van der Waals surface area contributed by atoms with Crippen LogP contribution in [0, 0.1) is 11.6 Å². The van der Waals surface area contributed by atoms with Crippen LogP contribution >= 0.6 is 15.9 Å². The number of rotatable bonds is 1. The van der Waals surface area contributed by atoms with Gasteiger partial charge >= 0.3 is 0 Å². The summed E-state index contributed by atoms with van der Waals surface area (Å²) in [5.74, 6) is -1.46. The van der Waals surface area contributed by atoms with E-state index in [0.29, 0.717) is 0 Å². The Hall–Kier alpha value is -1.43. The summed E-state index contributed by atoms with van der Waals surface area (Å²) in [6, 6.07) is 3.54. The molecule has 2 N–H and O–H groups in total. The second-order valence-corrected chi connectivity index (χ2v) is 3.60. The fourth-order valence-electron chi connectivity index (χ4n) is 1.17. The molecule has 0 aliphatic carbocycles. The smallest absolute Gasteiger partial charge is 0.237 e. The number of nitrogens with zero attached hydrogens (tertiary/aromatic N) is 1. The first-order valence-corrected chi connectivity index (χ1v) is 4.75. The van der Waals surface area contributed by atoms with Crippen LogP contribution in [0.5, 0.6) is 0 Å². The Morgan fingerprint density at radius 1 is 1.27 bits per heavy atom. The van der Waals surface area contributed by atoms with Gasteiger partial charge in [-0.25, -0.2) is 8.78 Å². The van der Waals surface area contributed by atoms with Crippen LogP contribution < -0.4 is 5.73 Å². The van der Waals surface area contributed by atoms with Crippen LogP contribution in [-0.2, 0) is 0 Å². The molecule has 0 bridgehead atoms. The van der Waals surface area contributed by atoms with E-state index in [0.717, 1.165) is 12.1 Å². The number of halogens is 3. The molecule has 0 aliphatic rings. The van der Waals surface area contributed by atoms with Gasteiger partial charge in [-0.05, 0) is 28.1 Å². The highest BCUT2D eigenvalue weighted by atomic mass is 79.9. The van der Waals surface area contributed by atoms with Crippen molar-refractivity contribution >= 4 is 21.8 Å². The highest BCUT2D eigenvalue weighted by molar-refractivity contribution is 9.10. The van der Waals surface area contributed by atoms with Gasteiger partial charge in [0.15, 0.2) is 0 Å². The molecule has 2 aromatic rings. The normalized spacial score (nSPS) is 10.6. The van der Waals surface area contributed by atoms with E-state index in [9.17, 15) is 8.78 Å². The summed E-state index contributed by atoms with van der Waals surface area (Å²) in [5, 5.41) is 3.48. The fourth-order valence-corrected chi connectivity index (χ4v) is 1.51. The molecule has 0 radical (unpaired) electrons. The predicted octanol–water partition coefficient (Wildman–Crippen LogP) is 2.96. The SMILES string of the molecule is Nc1onc(-c2c(F)cccc2F)c1Br. The molecule has 6 heteroatoms. The lowest BCUT2D eigenvalue weighted by molar-refractivity contribution is 0.437. The van der Waals surface area contributed by atoms with Crippen molar-refractivity contribution in [1.29, 1.82) is 0 Å². The van der Waals surface area contributed by atoms with E-state index in [1.165, 1.54) is 6.07 Å². The zero-order valence-electron chi connectivity index (χ0n) is 7.30. The lowest BCUT2D eigenvalue weighted by Gasteiger charge is -2.00. The predicted molar refractivity (Wildman–Crippen MR) is 54.0 cm³/mol. The van der Waals surface area contributed by atoms with E-state index in [1.54, 1.807) is 0 Å². The first-order chi connectivity index (χ1) is 7.11. The monoisotopic (exact) mass is 274 g/mol. The Morgan fingerprint density at radius 2 is 1.87 bits per heavy atom. The summed E-state index contributed by atoms with van der Waals surface area (Å²) in [5.41, 5.74) is 5.11. The van der Waals surface area contributed by atoms with Crippen LogP contribution in [0.4, 0.5) is 14.7 Å². The Bertz CT molecular complexity index is 493. The Balaban J connectivity index is 2.69. The van der Waals surface area contributed by atoms with Crippen LogP contribution in [0.25, 0.3) is 11.3 Å². The van der Waals surface area contributed by atoms with Crippen molar-refractivity contribution in [1.82, 2.24) is 5.16 Å². The summed E-state index contributed by atoms with van der Waals surface area (Å²) in [6.07, 6.45) is 0. The van der Waals surface area contributed by atoms with Crippen LogP contribution in [0.3, 0.4) is 0 Å². The number of nitrogen functional groups attached to an aromatic ring is 1. The van der Waals surface area contributed by atoms with E-state index >= 15 is 0 Å². The van der Waals surface area contributed by atoms with Gasteiger partial charge in [-0.15, -0.1) is 0 Å². The number of benzene rings is 1. The van der Waals surface area contributed by atoms with Crippen molar-refractivity contribution in [2.75, 3.05) is 5.73 Å².